The van der Waals surface area contributed by atoms with Crippen molar-refractivity contribution in [3.8, 4) is 11.6 Å². The average molecular weight is 476 g/mol. The molecule has 35 heavy (non-hydrogen) atoms. The first-order valence-corrected chi connectivity index (χ1v) is 10.8. The van der Waals surface area contributed by atoms with Gasteiger partial charge >= 0.3 is 6.18 Å². The van der Waals surface area contributed by atoms with E-state index in [4.69, 9.17) is 4.74 Å². The number of aromatic nitrogens is 3. The molecule has 2 aromatic heterocycles. The monoisotopic (exact) mass is 476 g/mol. The Morgan fingerprint density at radius 3 is 2.69 bits per heavy atom. The van der Waals surface area contributed by atoms with Crippen molar-refractivity contribution in [3.63, 3.8) is 0 Å². The molecule has 0 saturated carbocycles. The van der Waals surface area contributed by atoms with Gasteiger partial charge in [-0.1, -0.05) is 30.3 Å². The normalized spacial score (nSPS) is 11.6. The van der Waals surface area contributed by atoms with E-state index in [-0.39, 0.29) is 17.2 Å². The van der Waals surface area contributed by atoms with Crippen LogP contribution in [0.15, 0.2) is 79.0 Å². The molecule has 0 spiro atoms. The summed E-state index contributed by atoms with van der Waals surface area (Å²) in [7, 11) is 0. The minimum atomic E-state index is -4.53. The minimum Gasteiger partial charge on any atom is -0.437 e. The molecule has 9 heteroatoms. The maximum absolute atomic E-state index is 13.2. The first-order valence-electron chi connectivity index (χ1n) is 10.8. The van der Waals surface area contributed by atoms with Gasteiger partial charge in [0.2, 0.25) is 0 Å². The van der Waals surface area contributed by atoms with Gasteiger partial charge in [0, 0.05) is 23.6 Å². The molecule has 0 fully saturated rings. The molecule has 0 radical (unpaired) electrons. The lowest BCUT2D eigenvalue weighted by molar-refractivity contribution is -0.137. The van der Waals surface area contributed by atoms with E-state index in [1.165, 1.54) is 12.1 Å². The highest BCUT2D eigenvalue weighted by Crippen LogP contribution is 2.34. The standard InChI is InChI=1S/C26H19F3N4O2/c27-26(28,29)18-4-3-5-19(15-18)35-25-23(20-6-1-2-7-22(20)32-33-25)24(34)31-12-10-16-8-9-21-17(14-16)11-13-30-21/h1-9,11,13-15,30H,10,12H2,(H,31,34). The number of H-pyrrole nitrogens is 1. The number of ether oxygens (including phenoxy) is 1. The van der Waals surface area contributed by atoms with Crippen LogP contribution in [0.3, 0.4) is 0 Å². The average Bonchev–Trinajstić information content (AvgIpc) is 3.31. The summed E-state index contributed by atoms with van der Waals surface area (Å²) in [5.41, 5.74) is 1.79. The number of aromatic amines is 1. The highest BCUT2D eigenvalue weighted by Gasteiger charge is 2.31. The summed E-state index contributed by atoms with van der Waals surface area (Å²) in [6.45, 7) is 0.342. The molecule has 176 valence electrons. The third-order valence-corrected chi connectivity index (χ3v) is 5.56. The number of benzene rings is 3. The highest BCUT2D eigenvalue weighted by atomic mass is 19.4. The molecule has 0 unspecified atom stereocenters. The van der Waals surface area contributed by atoms with E-state index in [9.17, 15) is 18.0 Å². The van der Waals surface area contributed by atoms with Gasteiger partial charge in [-0.3, -0.25) is 4.79 Å². The molecule has 2 heterocycles. The molecule has 0 aliphatic carbocycles. The second-order valence-corrected chi connectivity index (χ2v) is 7.93. The van der Waals surface area contributed by atoms with E-state index in [0.717, 1.165) is 28.6 Å². The quantitative estimate of drug-likeness (QED) is 0.320. The molecule has 0 aliphatic heterocycles. The summed E-state index contributed by atoms with van der Waals surface area (Å²) in [6, 6.07) is 19.3. The Kier molecular flexibility index (Phi) is 5.82. The Morgan fingerprint density at radius 2 is 1.83 bits per heavy atom. The molecule has 5 rings (SSSR count). The van der Waals surface area contributed by atoms with Crippen molar-refractivity contribution in [1.82, 2.24) is 20.5 Å². The van der Waals surface area contributed by atoms with E-state index >= 15 is 0 Å². The van der Waals surface area contributed by atoms with Crippen molar-refractivity contribution in [2.75, 3.05) is 6.54 Å². The van der Waals surface area contributed by atoms with Gasteiger partial charge < -0.3 is 15.0 Å². The van der Waals surface area contributed by atoms with E-state index < -0.39 is 17.6 Å². The zero-order chi connectivity index (χ0) is 24.4. The number of rotatable bonds is 6. The lowest BCUT2D eigenvalue weighted by Crippen LogP contribution is -2.26. The molecule has 0 aliphatic rings. The maximum atomic E-state index is 13.2. The fourth-order valence-corrected chi connectivity index (χ4v) is 3.84. The predicted octanol–water partition coefficient (Wildman–Crippen LogP) is 5.89. The zero-order valence-corrected chi connectivity index (χ0v) is 18.3. The van der Waals surface area contributed by atoms with Crippen LogP contribution in [-0.4, -0.2) is 27.6 Å². The number of alkyl halides is 3. The Hall–Kier alpha value is -4.40. The molecular formula is C26H19F3N4O2. The Balaban J connectivity index is 1.40. The molecule has 5 aromatic rings. The highest BCUT2D eigenvalue weighted by molar-refractivity contribution is 6.07. The van der Waals surface area contributed by atoms with Gasteiger partial charge in [0.15, 0.2) is 0 Å². The van der Waals surface area contributed by atoms with Gasteiger partial charge in [-0.2, -0.15) is 13.2 Å². The SMILES string of the molecule is O=C(NCCc1ccc2[nH]ccc2c1)c1c(Oc2cccc(C(F)(F)F)c2)nnc2ccccc12. The molecule has 1 amide bonds. The van der Waals surface area contributed by atoms with Crippen molar-refractivity contribution in [2.24, 2.45) is 0 Å². The molecular weight excluding hydrogens is 457 g/mol. The number of nitrogens with zero attached hydrogens (tertiary/aromatic N) is 2. The van der Waals surface area contributed by atoms with E-state index in [1.54, 1.807) is 24.3 Å². The maximum Gasteiger partial charge on any atom is 0.416 e. The number of nitrogens with one attached hydrogen (secondary N) is 2. The fraction of sp³-hybridized carbons (Fsp3) is 0.115. The van der Waals surface area contributed by atoms with Crippen LogP contribution >= 0.6 is 0 Å². The fourth-order valence-electron chi connectivity index (χ4n) is 3.84. The van der Waals surface area contributed by atoms with Crippen molar-refractivity contribution in [3.05, 3.63) is 95.7 Å². The number of fused-ring (bicyclic) bond motifs is 2. The van der Waals surface area contributed by atoms with Gasteiger partial charge in [-0.25, -0.2) is 0 Å². The number of carbonyl (C=O) groups is 1. The molecule has 2 N–H and O–H groups in total. The lowest BCUT2D eigenvalue weighted by atomic mass is 10.1. The summed E-state index contributed by atoms with van der Waals surface area (Å²) in [6.07, 6.45) is -2.07. The smallest absolute Gasteiger partial charge is 0.416 e. The number of carbonyl (C=O) groups excluding carboxylic acids is 1. The van der Waals surface area contributed by atoms with Crippen LogP contribution in [0, 0.1) is 0 Å². The predicted molar refractivity (Wildman–Crippen MR) is 125 cm³/mol. The zero-order valence-electron chi connectivity index (χ0n) is 18.3. The molecule has 0 atom stereocenters. The third-order valence-electron chi connectivity index (χ3n) is 5.56. The number of halogens is 3. The molecule has 6 nitrogen and oxygen atoms in total. The van der Waals surface area contributed by atoms with Crippen molar-refractivity contribution >= 4 is 27.7 Å². The van der Waals surface area contributed by atoms with Crippen molar-refractivity contribution in [2.45, 2.75) is 12.6 Å². The van der Waals surface area contributed by atoms with Crippen LogP contribution < -0.4 is 10.1 Å². The van der Waals surface area contributed by atoms with E-state index in [0.29, 0.717) is 23.9 Å². The van der Waals surface area contributed by atoms with Gasteiger partial charge in [0.1, 0.15) is 11.3 Å². The summed E-state index contributed by atoms with van der Waals surface area (Å²) in [4.78, 5) is 16.4. The van der Waals surface area contributed by atoms with E-state index in [2.05, 4.69) is 20.5 Å². The first kappa shape index (κ1) is 22.4. The van der Waals surface area contributed by atoms with Crippen LogP contribution in [0.4, 0.5) is 13.2 Å². The molecule has 0 bridgehead atoms. The second kappa shape index (κ2) is 9.09. The van der Waals surface area contributed by atoms with Crippen LogP contribution in [0.1, 0.15) is 21.5 Å². The van der Waals surface area contributed by atoms with Gasteiger partial charge in [0.25, 0.3) is 11.8 Å². The Labute approximate surface area is 197 Å². The van der Waals surface area contributed by atoms with Crippen LogP contribution in [0.25, 0.3) is 21.8 Å². The van der Waals surface area contributed by atoms with Crippen molar-refractivity contribution in [1.29, 1.82) is 0 Å². The lowest BCUT2D eigenvalue weighted by Gasteiger charge is -2.13. The summed E-state index contributed by atoms with van der Waals surface area (Å²) in [5.74, 6) is -0.728. The number of hydrogen-bond donors (Lipinski definition) is 2. The van der Waals surface area contributed by atoms with Crippen LogP contribution in [-0.2, 0) is 12.6 Å². The second-order valence-electron chi connectivity index (χ2n) is 7.93. The topological polar surface area (TPSA) is 79.9 Å². The van der Waals surface area contributed by atoms with Gasteiger partial charge in [-0.15, -0.1) is 10.2 Å². The van der Waals surface area contributed by atoms with Gasteiger partial charge in [-0.05, 0) is 59.8 Å². The number of hydrogen-bond acceptors (Lipinski definition) is 4. The Bertz CT molecular complexity index is 1530. The van der Waals surface area contributed by atoms with Crippen LogP contribution in [0.2, 0.25) is 0 Å². The minimum absolute atomic E-state index is 0.0988. The van der Waals surface area contributed by atoms with Gasteiger partial charge in [0.05, 0.1) is 11.1 Å². The largest absolute Gasteiger partial charge is 0.437 e. The van der Waals surface area contributed by atoms with E-state index in [1.807, 2.05) is 30.5 Å². The summed E-state index contributed by atoms with van der Waals surface area (Å²) < 4.78 is 45.0. The molecule has 3 aromatic carbocycles. The van der Waals surface area contributed by atoms with Crippen LogP contribution in [0.5, 0.6) is 11.6 Å². The summed E-state index contributed by atoms with van der Waals surface area (Å²) in [5, 5.41) is 12.5. The third kappa shape index (κ3) is 4.79. The Morgan fingerprint density at radius 1 is 0.971 bits per heavy atom. The number of amides is 1. The summed E-state index contributed by atoms with van der Waals surface area (Å²) >= 11 is 0. The molecule has 0 saturated heterocycles. The van der Waals surface area contributed by atoms with Crippen molar-refractivity contribution < 1.29 is 22.7 Å². The first-order chi connectivity index (χ1) is 16.9.